The molecular weight excluding hydrogens is 202 g/mol. The smallest absolute Gasteiger partial charge is 0.0300 e. The molecule has 1 aromatic rings. The largest absolute Gasteiger partial charge is 0.311 e. The lowest BCUT2D eigenvalue weighted by atomic mass is 9.70. The third kappa shape index (κ3) is 2.82. The molecule has 2 rings (SSSR count). The van der Waals surface area contributed by atoms with Crippen LogP contribution in [0.5, 0.6) is 0 Å². The quantitative estimate of drug-likeness (QED) is 0.804. The van der Waals surface area contributed by atoms with E-state index in [9.17, 15) is 0 Å². The van der Waals surface area contributed by atoms with Crippen LogP contribution in [0.3, 0.4) is 0 Å². The number of thiophene rings is 1. The molecule has 1 heterocycles. The fraction of sp³-hybridized carbons (Fsp3) is 0.692. The SMILES string of the molecule is CCc1ccc(CNCC2(C)CCC2)s1. The van der Waals surface area contributed by atoms with Crippen LogP contribution in [-0.4, -0.2) is 6.54 Å². The minimum atomic E-state index is 0.602. The van der Waals surface area contributed by atoms with E-state index in [1.807, 2.05) is 11.3 Å². The fourth-order valence-electron chi connectivity index (χ4n) is 2.15. The predicted octanol–water partition coefficient (Wildman–Crippen LogP) is 3.59. The molecule has 1 N–H and O–H groups in total. The first kappa shape index (κ1) is 11.2. The highest BCUT2D eigenvalue weighted by Crippen LogP contribution is 2.39. The Bertz CT molecular complexity index is 312. The summed E-state index contributed by atoms with van der Waals surface area (Å²) in [6.07, 6.45) is 5.41. The zero-order valence-corrected chi connectivity index (χ0v) is 10.6. The molecule has 0 radical (unpaired) electrons. The zero-order valence-electron chi connectivity index (χ0n) is 9.81. The van der Waals surface area contributed by atoms with Crippen LogP contribution in [-0.2, 0) is 13.0 Å². The highest BCUT2D eigenvalue weighted by Gasteiger charge is 2.30. The summed E-state index contributed by atoms with van der Waals surface area (Å²) in [5.74, 6) is 0. The maximum atomic E-state index is 3.59. The summed E-state index contributed by atoms with van der Waals surface area (Å²) in [4.78, 5) is 2.98. The van der Waals surface area contributed by atoms with Gasteiger partial charge in [0.15, 0.2) is 0 Å². The van der Waals surface area contributed by atoms with Crippen molar-refractivity contribution < 1.29 is 0 Å². The predicted molar refractivity (Wildman–Crippen MR) is 67.4 cm³/mol. The van der Waals surface area contributed by atoms with E-state index in [0.29, 0.717) is 5.41 Å². The first-order valence-corrected chi connectivity index (χ1v) is 6.82. The molecule has 0 aliphatic heterocycles. The third-order valence-electron chi connectivity index (χ3n) is 3.48. The van der Waals surface area contributed by atoms with Crippen molar-refractivity contribution in [2.75, 3.05) is 6.54 Å². The van der Waals surface area contributed by atoms with Crippen LogP contribution in [0.4, 0.5) is 0 Å². The fourth-order valence-corrected chi connectivity index (χ4v) is 3.08. The van der Waals surface area contributed by atoms with Gasteiger partial charge in [0.1, 0.15) is 0 Å². The van der Waals surface area contributed by atoms with Gasteiger partial charge in [0.2, 0.25) is 0 Å². The van der Waals surface area contributed by atoms with Gasteiger partial charge in [-0.25, -0.2) is 0 Å². The van der Waals surface area contributed by atoms with Gasteiger partial charge in [0.05, 0.1) is 0 Å². The van der Waals surface area contributed by atoms with Crippen LogP contribution in [0.25, 0.3) is 0 Å². The van der Waals surface area contributed by atoms with E-state index in [4.69, 9.17) is 0 Å². The molecule has 0 atom stereocenters. The molecule has 0 amide bonds. The van der Waals surface area contributed by atoms with Crippen LogP contribution in [0.15, 0.2) is 12.1 Å². The van der Waals surface area contributed by atoms with Crippen molar-refractivity contribution in [3.8, 4) is 0 Å². The minimum absolute atomic E-state index is 0.602. The van der Waals surface area contributed by atoms with Gasteiger partial charge in [-0.1, -0.05) is 20.3 Å². The Balaban J connectivity index is 1.73. The lowest BCUT2D eigenvalue weighted by Gasteiger charge is -2.38. The first-order chi connectivity index (χ1) is 7.22. The van der Waals surface area contributed by atoms with Crippen molar-refractivity contribution in [3.05, 3.63) is 21.9 Å². The van der Waals surface area contributed by atoms with Gasteiger partial charge in [-0.05, 0) is 36.8 Å². The summed E-state index contributed by atoms with van der Waals surface area (Å²) in [5.41, 5.74) is 0.602. The van der Waals surface area contributed by atoms with Gasteiger partial charge >= 0.3 is 0 Å². The van der Waals surface area contributed by atoms with Gasteiger partial charge in [-0.15, -0.1) is 11.3 Å². The Morgan fingerprint density at radius 1 is 1.33 bits per heavy atom. The van der Waals surface area contributed by atoms with Crippen molar-refractivity contribution in [3.63, 3.8) is 0 Å². The Morgan fingerprint density at radius 3 is 2.60 bits per heavy atom. The van der Waals surface area contributed by atoms with Crippen LogP contribution < -0.4 is 5.32 Å². The lowest BCUT2D eigenvalue weighted by molar-refractivity contribution is 0.156. The van der Waals surface area contributed by atoms with Crippen molar-refractivity contribution >= 4 is 11.3 Å². The molecule has 1 aliphatic carbocycles. The lowest BCUT2D eigenvalue weighted by Crippen LogP contribution is -2.36. The van der Waals surface area contributed by atoms with E-state index in [0.717, 1.165) is 6.54 Å². The summed E-state index contributed by atoms with van der Waals surface area (Å²) in [7, 11) is 0. The summed E-state index contributed by atoms with van der Waals surface area (Å²) >= 11 is 1.95. The van der Waals surface area contributed by atoms with Crippen LogP contribution >= 0.6 is 11.3 Å². The Hall–Kier alpha value is -0.340. The van der Waals surface area contributed by atoms with Gasteiger partial charge in [0, 0.05) is 22.8 Å². The molecule has 84 valence electrons. The van der Waals surface area contributed by atoms with Crippen LogP contribution in [0.2, 0.25) is 0 Å². The average Bonchev–Trinajstić information content (AvgIpc) is 2.63. The van der Waals surface area contributed by atoms with E-state index >= 15 is 0 Å². The molecule has 0 saturated heterocycles. The second-order valence-electron chi connectivity index (χ2n) is 4.99. The molecular formula is C13H21NS. The maximum Gasteiger partial charge on any atom is 0.0300 e. The monoisotopic (exact) mass is 223 g/mol. The average molecular weight is 223 g/mol. The standard InChI is InChI=1S/C13H21NS/c1-3-11-5-6-12(15-11)9-14-10-13(2)7-4-8-13/h5-6,14H,3-4,7-10H2,1-2H3. The first-order valence-electron chi connectivity index (χ1n) is 6.00. The second-order valence-corrected chi connectivity index (χ2v) is 6.24. The molecule has 0 aromatic carbocycles. The molecule has 15 heavy (non-hydrogen) atoms. The minimum Gasteiger partial charge on any atom is -0.311 e. The topological polar surface area (TPSA) is 12.0 Å². The van der Waals surface area contributed by atoms with Gasteiger partial charge < -0.3 is 5.32 Å². The van der Waals surface area contributed by atoms with E-state index in [-0.39, 0.29) is 0 Å². The molecule has 0 spiro atoms. The Kier molecular flexibility index (Phi) is 3.47. The van der Waals surface area contributed by atoms with Gasteiger partial charge in [-0.2, -0.15) is 0 Å². The van der Waals surface area contributed by atoms with Crippen molar-refractivity contribution in [1.82, 2.24) is 5.32 Å². The number of hydrogen-bond donors (Lipinski definition) is 1. The van der Waals surface area contributed by atoms with E-state index in [1.54, 1.807) is 0 Å². The number of rotatable bonds is 5. The molecule has 1 saturated carbocycles. The number of aryl methyl sites for hydroxylation is 1. The van der Waals surface area contributed by atoms with E-state index in [1.165, 1.54) is 42.0 Å². The van der Waals surface area contributed by atoms with Crippen molar-refractivity contribution in [1.29, 1.82) is 0 Å². The zero-order chi connectivity index (χ0) is 10.7. The van der Waals surface area contributed by atoms with Gasteiger partial charge in [0.25, 0.3) is 0 Å². The molecule has 0 bridgehead atoms. The van der Waals surface area contributed by atoms with Crippen LogP contribution in [0.1, 0.15) is 42.9 Å². The van der Waals surface area contributed by atoms with Gasteiger partial charge in [-0.3, -0.25) is 0 Å². The Labute approximate surface area is 96.9 Å². The summed E-state index contributed by atoms with van der Waals surface area (Å²) in [5, 5.41) is 3.59. The molecule has 2 heteroatoms. The molecule has 1 aromatic heterocycles. The summed E-state index contributed by atoms with van der Waals surface area (Å²) in [6.45, 7) is 6.86. The van der Waals surface area contributed by atoms with Crippen molar-refractivity contribution in [2.45, 2.75) is 46.1 Å². The molecule has 1 nitrogen and oxygen atoms in total. The maximum absolute atomic E-state index is 3.59. The molecule has 1 fully saturated rings. The highest BCUT2D eigenvalue weighted by atomic mass is 32.1. The number of hydrogen-bond acceptors (Lipinski definition) is 2. The van der Waals surface area contributed by atoms with Crippen molar-refractivity contribution in [2.24, 2.45) is 5.41 Å². The van der Waals surface area contributed by atoms with E-state index < -0.39 is 0 Å². The Morgan fingerprint density at radius 2 is 2.07 bits per heavy atom. The van der Waals surface area contributed by atoms with Crippen LogP contribution in [0, 0.1) is 5.41 Å². The second kappa shape index (κ2) is 4.67. The number of nitrogens with one attached hydrogen (secondary N) is 1. The summed E-state index contributed by atoms with van der Waals surface area (Å²) < 4.78 is 0. The third-order valence-corrected chi connectivity index (χ3v) is 4.71. The van der Waals surface area contributed by atoms with E-state index in [2.05, 4.69) is 31.3 Å². The highest BCUT2D eigenvalue weighted by molar-refractivity contribution is 7.11. The summed E-state index contributed by atoms with van der Waals surface area (Å²) in [6, 6.07) is 4.52. The molecule has 0 unspecified atom stereocenters. The normalized spacial score (nSPS) is 18.8. The molecule has 1 aliphatic rings.